The molecular formula is C13H7BrF7NO. The Bertz CT molecular complexity index is 706. The maximum absolute atomic E-state index is 13.6. The Morgan fingerprint density at radius 2 is 1.48 bits per heavy atom. The molecule has 10 heteroatoms. The average molecular weight is 406 g/mol. The first-order chi connectivity index (χ1) is 10.4. The summed E-state index contributed by atoms with van der Waals surface area (Å²) in [4.78, 5) is 3.15. The molecule has 0 unspecified atom stereocenters. The first-order valence-electron chi connectivity index (χ1n) is 5.94. The summed E-state index contributed by atoms with van der Waals surface area (Å²) in [6.45, 7) is 1.13. The quantitative estimate of drug-likeness (QED) is 0.612. The van der Waals surface area contributed by atoms with Crippen LogP contribution in [0.25, 0.3) is 11.3 Å². The van der Waals surface area contributed by atoms with Crippen molar-refractivity contribution in [3.63, 3.8) is 0 Å². The second-order valence-electron chi connectivity index (χ2n) is 4.58. The van der Waals surface area contributed by atoms with E-state index in [0.717, 1.165) is 6.92 Å². The van der Waals surface area contributed by atoms with Crippen molar-refractivity contribution >= 4 is 15.9 Å². The molecule has 0 aliphatic heterocycles. The minimum Gasteiger partial charge on any atom is -0.440 e. The van der Waals surface area contributed by atoms with Crippen LogP contribution in [0.2, 0.25) is 0 Å². The van der Waals surface area contributed by atoms with E-state index in [1.165, 1.54) is 24.3 Å². The second-order valence-corrected chi connectivity index (χ2v) is 5.49. The SMILES string of the molecule is Cc1oc(C(F)(F)C(F)(F)C(F)(F)F)nc1-c1ccc(Br)cc1. The monoisotopic (exact) mass is 405 g/mol. The number of hydrogen-bond donors (Lipinski definition) is 0. The van der Waals surface area contributed by atoms with Gasteiger partial charge in [0.15, 0.2) is 0 Å². The fourth-order valence-corrected chi connectivity index (χ4v) is 1.98. The van der Waals surface area contributed by atoms with Gasteiger partial charge in [-0.15, -0.1) is 0 Å². The number of aryl methyl sites for hydroxylation is 1. The highest BCUT2D eigenvalue weighted by atomic mass is 79.9. The summed E-state index contributed by atoms with van der Waals surface area (Å²) in [6.07, 6.45) is -6.45. The Morgan fingerprint density at radius 3 is 1.96 bits per heavy atom. The maximum Gasteiger partial charge on any atom is 0.460 e. The Balaban J connectivity index is 2.50. The molecule has 0 bridgehead atoms. The molecular weight excluding hydrogens is 399 g/mol. The topological polar surface area (TPSA) is 26.0 Å². The van der Waals surface area contributed by atoms with Gasteiger partial charge >= 0.3 is 18.0 Å². The number of rotatable bonds is 3. The van der Waals surface area contributed by atoms with E-state index in [2.05, 4.69) is 25.3 Å². The molecule has 23 heavy (non-hydrogen) atoms. The fraction of sp³-hybridized carbons (Fsp3) is 0.308. The minimum atomic E-state index is -6.45. The largest absolute Gasteiger partial charge is 0.460 e. The van der Waals surface area contributed by atoms with Crippen molar-refractivity contribution in [1.29, 1.82) is 0 Å². The Kier molecular flexibility index (Phi) is 4.25. The van der Waals surface area contributed by atoms with E-state index in [1.807, 2.05) is 0 Å². The van der Waals surface area contributed by atoms with Crippen molar-refractivity contribution < 1.29 is 35.2 Å². The molecule has 0 saturated heterocycles. The van der Waals surface area contributed by atoms with E-state index < -0.39 is 23.9 Å². The number of halogens is 8. The van der Waals surface area contributed by atoms with Crippen molar-refractivity contribution in [2.24, 2.45) is 0 Å². The molecule has 0 N–H and O–H groups in total. The number of benzene rings is 1. The van der Waals surface area contributed by atoms with E-state index in [9.17, 15) is 30.7 Å². The highest BCUT2D eigenvalue weighted by Crippen LogP contribution is 2.52. The summed E-state index contributed by atoms with van der Waals surface area (Å²) in [5, 5.41) is 0. The van der Waals surface area contributed by atoms with Crippen LogP contribution in [-0.2, 0) is 5.92 Å². The van der Waals surface area contributed by atoms with Gasteiger partial charge < -0.3 is 4.42 Å². The molecule has 0 atom stereocenters. The van der Waals surface area contributed by atoms with Gasteiger partial charge in [-0.1, -0.05) is 28.1 Å². The van der Waals surface area contributed by atoms with Crippen molar-refractivity contribution in [2.45, 2.75) is 24.9 Å². The summed E-state index contributed by atoms with van der Waals surface area (Å²) < 4.78 is 94.8. The number of alkyl halides is 7. The molecule has 126 valence electrons. The van der Waals surface area contributed by atoms with Crippen LogP contribution in [0.15, 0.2) is 33.2 Å². The molecule has 0 aliphatic rings. The lowest BCUT2D eigenvalue weighted by molar-refractivity contribution is -0.364. The van der Waals surface area contributed by atoms with Gasteiger partial charge in [0.25, 0.3) is 5.89 Å². The van der Waals surface area contributed by atoms with Crippen molar-refractivity contribution in [3.8, 4) is 11.3 Å². The van der Waals surface area contributed by atoms with E-state index in [0.29, 0.717) is 4.47 Å². The van der Waals surface area contributed by atoms with Crippen molar-refractivity contribution in [1.82, 2.24) is 4.98 Å². The van der Waals surface area contributed by atoms with Crippen molar-refractivity contribution in [2.75, 3.05) is 0 Å². The smallest absolute Gasteiger partial charge is 0.440 e. The van der Waals surface area contributed by atoms with Crippen molar-refractivity contribution in [3.05, 3.63) is 40.4 Å². The van der Waals surface area contributed by atoms with Gasteiger partial charge in [0.2, 0.25) is 0 Å². The van der Waals surface area contributed by atoms with E-state index in [-0.39, 0.29) is 17.0 Å². The highest BCUT2D eigenvalue weighted by molar-refractivity contribution is 9.10. The third-order valence-electron chi connectivity index (χ3n) is 2.93. The molecule has 0 radical (unpaired) electrons. The van der Waals surface area contributed by atoms with Crippen LogP contribution in [0.3, 0.4) is 0 Å². The number of aromatic nitrogens is 1. The second kappa shape index (κ2) is 5.50. The van der Waals surface area contributed by atoms with Crippen LogP contribution in [-0.4, -0.2) is 17.1 Å². The van der Waals surface area contributed by atoms with Crippen LogP contribution >= 0.6 is 15.9 Å². The summed E-state index contributed by atoms with van der Waals surface area (Å²) in [5.41, 5.74) is -0.0167. The molecule has 0 amide bonds. The Hall–Kier alpha value is -1.58. The minimum absolute atomic E-state index is 0.229. The predicted molar refractivity (Wildman–Crippen MR) is 69.3 cm³/mol. The zero-order chi connectivity index (χ0) is 17.6. The first-order valence-corrected chi connectivity index (χ1v) is 6.73. The summed E-state index contributed by atoms with van der Waals surface area (Å²) >= 11 is 3.13. The number of nitrogens with zero attached hydrogens (tertiary/aromatic N) is 1. The normalized spacial score (nSPS) is 13.4. The zero-order valence-electron chi connectivity index (χ0n) is 11.2. The van der Waals surface area contributed by atoms with Gasteiger partial charge in [0.1, 0.15) is 11.5 Å². The highest BCUT2D eigenvalue weighted by Gasteiger charge is 2.75. The predicted octanol–water partition coefficient (Wildman–Crippen LogP) is 5.70. The fourth-order valence-electron chi connectivity index (χ4n) is 1.72. The molecule has 2 rings (SSSR count). The van der Waals surface area contributed by atoms with Crippen LogP contribution in [0, 0.1) is 6.92 Å². The third-order valence-corrected chi connectivity index (χ3v) is 3.46. The average Bonchev–Trinajstić information content (AvgIpc) is 2.81. The van der Waals surface area contributed by atoms with Crippen LogP contribution in [0.4, 0.5) is 30.7 Å². The molecule has 1 aromatic carbocycles. The molecule has 2 nitrogen and oxygen atoms in total. The lowest BCUT2D eigenvalue weighted by Gasteiger charge is -2.25. The van der Waals surface area contributed by atoms with Gasteiger partial charge in [-0.05, 0) is 19.1 Å². The van der Waals surface area contributed by atoms with Gasteiger partial charge in [0, 0.05) is 10.0 Å². The number of oxazole rings is 1. The van der Waals surface area contributed by atoms with Crippen LogP contribution in [0.1, 0.15) is 11.7 Å². The van der Waals surface area contributed by atoms with Gasteiger partial charge in [0.05, 0.1) is 0 Å². The molecule has 1 heterocycles. The van der Waals surface area contributed by atoms with Gasteiger partial charge in [-0.2, -0.15) is 30.7 Å². The molecule has 0 spiro atoms. The third kappa shape index (κ3) is 2.96. The van der Waals surface area contributed by atoms with Gasteiger partial charge in [-0.3, -0.25) is 0 Å². The summed E-state index contributed by atoms with van der Waals surface area (Å²) in [6, 6.07) is 5.87. The summed E-state index contributed by atoms with van der Waals surface area (Å²) in [7, 11) is 0. The van der Waals surface area contributed by atoms with Gasteiger partial charge in [-0.25, -0.2) is 4.98 Å². The maximum atomic E-state index is 13.6. The Morgan fingerprint density at radius 1 is 0.957 bits per heavy atom. The molecule has 0 saturated carbocycles. The molecule has 1 aromatic heterocycles. The van der Waals surface area contributed by atoms with Crippen LogP contribution in [0.5, 0.6) is 0 Å². The van der Waals surface area contributed by atoms with Crippen LogP contribution < -0.4 is 0 Å². The molecule has 0 aliphatic carbocycles. The lowest BCUT2D eigenvalue weighted by atomic mass is 10.1. The Labute approximate surface area is 133 Å². The zero-order valence-corrected chi connectivity index (χ0v) is 12.8. The molecule has 2 aromatic rings. The first kappa shape index (κ1) is 17.8. The number of hydrogen-bond acceptors (Lipinski definition) is 2. The summed E-state index contributed by atoms with van der Waals surface area (Å²) in [5.74, 6) is -14.2. The lowest BCUT2D eigenvalue weighted by Crippen LogP contribution is -2.50. The van der Waals surface area contributed by atoms with E-state index >= 15 is 0 Å². The van der Waals surface area contributed by atoms with E-state index in [1.54, 1.807) is 0 Å². The molecule has 0 fully saturated rings. The standard InChI is InChI=1S/C13H7BrF7NO/c1-6-9(7-2-4-8(14)5-3-7)22-10(23-6)11(15,16)12(17,18)13(19,20)21/h2-5H,1H3. The van der Waals surface area contributed by atoms with E-state index in [4.69, 9.17) is 0 Å².